The van der Waals surface area contributed by atoms with E-state index in [1.54, 1.807) is 6.07 Å². The predicted molar refractivity (Wildman–Crippen MR) is 128 cm³/mol. The lowest BCUT2D eigenvalue weighted by Gasteiger charge is -2.53. The van der Waals surface area contributed by atoms with E-state index in [1.165, 1.54) is 11.3 Å². The Bertz CT molecular complexity index is 884. The summed E-state index contributed by atoms with van der Waals surface area (Å²) in [6.07, 6.45) is 0.919. The van der Waals surface area contributed by atoms with Gasteiger partial charge >= 0.3 is 0 Å². The number of anilines is 1. The van der Waals surface area contributed by atoms with Crippen molar-refractivity contribution in [2.45, 2.75) is 77.6 Å². The van der Waals surface area contributed by atoms with Gasteiger partial charge in [0.1, 0.15) is 0 Å². The number of rotatable bonds is 6. The monoisotopic (exact) mass is 427 g/mol. The Morgan fingerprint density at radius 1 is 0.931 bits per heavy atom. The second-order valence-corrected chi connectivity index (χ2v) is 15.5. The van der Waals surface area contributed by atoms with Gasteiger partial charge in [-0.05, 0) is 53.7 Å². The molecule has 4 heteroatoms. The van der Waals surface area contributed by atoms with Crippen LogP contribution in [0.2, 0.25) is 21.6 Å². The molecule has 0 N–H and O–H groups in total. The van der Waals surface area contributed by atoms with Crippen molar-refractivity contribution in [2.75, 3.05) is 4.57 Å². The number of carbonyl (C=O) groups excluding carboxylic acids is 1. The van der Waals surface area contributed by atoms with Gasteiger partial charge in [0, 0.05) is 22.9 Å². The molecule has 0 saturated carbocycles. The molecule has 2 aromatic carbocycles. The SMILES string of the molecule is CC(C)[Si](C(C)C)(C(C)C)N1c2cccc(C(=O)c3ccccc3Cl)c2C[C@H]1C. The minimum atomic E-state index is -1.86. The number of hydrogen-bond donors (Lipinski definition) is 0. The summed E-state index contributed by atoms with van der Waals surface area (Å²) in [5, 5.41) is 0.522. The third-order valence-corrected chi connectivity index (χ3v) is 14.3. The standard InChI is InChI=1S/C25H34ClNOSi/c1-16(2)29(17(3)4,18(5)6)27-19(7)15-22-20(12-10-14-24(22)27)25(28)21-11-8-9-13-23(21)26/h8-14,16-19H,15H2,1-7H3/t19-/m1/s1. The van der Waals surface area contributed by atoms with Crippen molar-refractivity contribution in [3.8, 4) is 0 Å². The van der Waals surface area contributed by atoms with Crippen LogP contribution in [0.1, 0.15) is 70.0 Å². The number of nitrogens with zero attached hydrogens (tertiary/aromatic N) is 1. The maximum Gasteiger partial charge on any atom is 0.194 e. The van der Waals surface area contributed by atoms with E-state index in [0.717, 1.165) is 12.0 Å². The second-order valence-electron chi connectivity index (χ2n) is 9.39. The first-order chi connectivity index (χ1) is 13.6. The fourth-order valence-corrected chi connectivity index (χ4v) is 13.4. The molecular weight excluding hydrogens is 394 g/mol. The van der Waals surface area contributed by atoms with Crippen molar-refractivity contribution in [3.63, 3.8) is 0 Å². The molecule has 1 atom stereocenters. The van der Waals surface area contributed by atoms with Crippen LogP contribution >= 0.6 is 11.6 Å². The number of fused-ring (bicyclic) bond motifs is 1. The van der Waals surface area contributed by atoms with Gasteiger partial charge in [-0.1, -0.05) is 77.4 Å². The van der Waals surface area contributed by atoms with E-state index >= 15 is 0 Å². The fraction of sp³-hybridized carbons (Fsp3) is 0.480. The van der Waals surface area contributed by atoms with Gasteiger partial charge in [-0.2, -0.15) is 0 Å². The second kappa shape index (κ2) is 8.27. The Morgan fingerprint density at radius 3 is 2.03 bits per heavy atom. The first kappa shape index (κ1) is 22.1. The summed E-state index contributed by atoms with van der Waals surface area (Å²) >= 11 is 6.35. The van der Waals surface area contributed by atoms with Gasteiger partial charge in [0.2, 0.25) is 0 Å². The van der Waals surface area contributed by atoms with Crippen molar-refractivity contribution >= 4 is 31.3 Å². The Kier molecular flexibility index (Phi) is 6.31. The third-order valence-electron chi connectivity index (χ3n) is 6.91. The van der Waals surface area contributed by atoms with E-state index in [1.807, 2.05) is 30.3 Å². The highest BCUT2D eigenvalue weighted by Crippen LogP contribution is 2.50. The maximum atomic E-state index is 13.4. The van der Waals surface area contributed by atoms with Gasteiger partial charge in [-0.25, -0.2) is 0 Å². The highest BCUT2D eigenvalue weighted by molar-refractivity contribution is 6.87. The van der Waals surface area contributed by atoms with Crippen molar-refractivity contribution in [2.24, 2.45) is 0 Å². The highest BCUT2D eigenvalue weighted by atomic mass is 35.5. The normalized spacial score (nSPS) is 16.8. The summed E-state index contributed by atoms with van der Waals surface area (Å²) in [6, 6.07) is 14.0. The van der Waals surface area contributed by atoms with Gasteiger partial charge in [0.25, 0.3) is 0 Å². The molecule has 3 rings (SSSR count). The minimum Gasteiger partial charge on any atom is -0.394 e. The number of halogens is 1. The first-order valence-electron chi connectivity index (χ1n) is 10.8. The number of benzene rings is 2. The molecule has 0 spiro atoms. The van der Waals surface area contributed by atoms with Crippen LogP contribution in [0.25, 0.3) is 0 Å². The van der Waals surface area contributed by atoms with Crippen LogP contribution < -0.4 is 4.57 Å². The van der Waals surface area contributed by atoms with E-state index in [2.05, 4.69) is 59.1 Å². The number of ketones is 1. The molecule has 0 bridgehead atoms. The minimum absolute atomic E-state index is 0.0346. The van der Waals surface area contributed by atoms with Crippen molar-refractivity contribution in [3.05, 3.63) is 64.2 Å². The molecular formula is C25H34ClNOSi. The molecule has 0 fully saturated rings. The fourth-order valence-electron chi connectivity index (χ4n) is 6.07. The van der Waals surface area contributed by atoms with Crippen LogP contribution in [0.3, 0.4) is 0 Å². The zero-order valence-corrected chi connectivity index (χ0v) is 20.5. The van der Waals surface area contributed by atoms with Crippen LogP contribution in [0.4, 0.5) is 5.69 Å². The summed E-state index contributed by atoms with van der Waals surface area (Å²) < 4.78 is 2.77. The average Bonchev–Trinajstić information content (AvgIpc) is 2.98. The molecule has 2 nitrogen and oxygen atoms in total. The van der Waals surface area contributed by atoms with Crippen LogP contribution in [0, 0.1) is 0 Å². The lowest BCUT2D eigenvalue weighted by molar-refractivity contribution is 0.103. The summed E-state index contributed by atoms with van der Waals surface area (Å²) in [4.78, 5) is 13.4. The number of hydrogen-bond acceptors (Lipinski definition) is 2. The highest BCUT2D eigenvalue weighted by Gasteiger charge is 2.52. The maximum absolute atomic E-state index is 13.4. The Balaban J connectivity index is 2.17. The van der Waals surface area contributed by atoms with Gasteiger partial charge < -0.3 is 4.57 Å². The molecule has 1 aliphatic heterocycles. The molecule has 0 aromatic heterocycles. The van der Waals surface area contributed by atoms with E-state index in [-0.39, 0.29) is 5.78 Å². The molecule has 1 aliphatic rings. The van der Waals surface area contributed by atoms with E-state index < -0.39 is 8.24 Å². The largest absolute Gasteiger partial charge is 0.394 e. The van der Waals surface area contributed by atoms with Crippen molar-refractivity contribution in [1.29, 1.82) is 0 Å². The van der Waals surface area contributed by atoms with Crippen LogP contribution in [-0.4, -0.2) is 20.1 Å². The molecule has 0 unspecified atom stereocenters. The molecule has 0 amide bonds. The van der Waals surface area contributed by atoms with Gasteiger partial charge in [-0.15, -0.1) is 0 Å². The smallest absolute Gasteiger partial charge is 0.194 e. The Morgan fingerprint density at radius 2 is 1.48 bits per heavy atom. The molecule has 0 saturated heterocycles. The number of carbonyl (C=O) groups is 1. The van der Waals surface area contributed by atoms with Crippen molar-refractivity contribution in [1.82, 2.24) is 0 Å². The quantitative estimate of drug-likeness (QED) is 0.351. The topological polar surface area (TPSA) is 20.3 Å². The van der Waals surface area contributed by atoms with Gasteiger partial charge in [0.15, 0.2) is 14.0 Å². The molecule has 0 aliphatic carbocycles. The van der Waals surface area contributed by atoms with Crippen LogP contribution in [-0.2, 0) is 6.42 Å². The average molecular weight is 428 g/mol. The van der Waals surface area contributed by atoms with E-state index in [0.29, 0.717) is 33.3 Å². The molecule has 1 heterocycles. The molecule has 156 valence electrons. The van der Waals surface area contributed by atoms with E-state index in [9.17, 15) is 4.79 Å². The lowest BCUT2D eigenvalue weighted by atomic mass is 9.96. The van der Waals surface area contributed by atoms with Crippen LogP contribution in [0.15, 0.2) is 42.5 Å². The summed E-state index contributed by atoms with van der Waals surface area (Å²) in [6.45, 7) is 16.7. The molecule has 0 radical (unpaired) electrons. The first-order valence-corrected chi connectivity index (χ1v) is 13.4. The summed E-state index contributed by atoms with van der Waals surface area (Å²) in [7, 11) is -1.86. The Labute approximate surface area is 182 Å². The van der Waals surface area contributed by atoms with Gasteiger partial charge in [0.05, 0.1) is 5.02 Å². The zero-order chi connectivity index (χ0) is 21.5. The zero-order valence-electron chi connectivity index (χ0n) is 18.8. The summed E-state index contributed by atoms with van der Waals surface area (Å²) in [5.74, 6) is 0.0346. The van der Waals surface area contributed by atoms with Crippen molar-refractivity contribution < 1.29 is 4.79 Å². The molecule has 29 heavy (non-hydrogen) atoms. The third kappa shape index (κ3) is 3.47. The lowest BCUT2D eigenvalue weighted by Crippen LogP contribution is -2.62. The van der Waals surface area contributed by atoms with Gasteiger partial charge in [-0.3, -0.25) is 4.79 Å². The Hall–Kier alpha value is -1.58. The molecule has 2 aromatic rings. The van der Waals surface area contributed by atoms with Crippen LogP contribution in [0.5, 0.6) is 0 Å². The predicted octanol–water partition coefficient (Wildman–Crippen LogP) is 7.50. The van der Waals surface area contributed by atoms with E-state index in [4.69, 9.17) is 11.6 Å². The summed E-state index contributed by atoms with van der Waals surface area (Å²) in [5.41, 5.74) is 5.75.